The van der Waals surface area contributed by atoms with E-state index in [-0.39, 0.29) is 23.4 Å². The number of aliphatic carboxylic acids is 1. The van der Waals surface area contributed by atoms with Gasteiger partial charge in [0.1, 0.15) is 0 Å². The maximum Gasteiger partial charge on any atom is 0.317 e. The molecule has 5 heteroatoms. The first kappa shape index (κ1) is 13.7. The van der Waals surface area contributed by atoms with Crippen LogP contribution in [0.2, 0.25) is 0 Å². The molecular weight excluding hydrogens is 256 g/mol. The number of likely N-dealkylation sites (tertiary alicyclic amines) is 1. The van der Waals surface area contributed by atoms with E-state index in [0.29, 0.717) is 19.5 Å². The summed E-state index contributed by atoms with van der Waals surface area (Å²) < 4.78 is 0. The number of amides is 2. The lowest BCUT2D eigenvalue weighted by molar-refractivity contribution is -0.149. The minimum atomic E-state index is -0.723. The molecule has 2 N–H and O–H groups in total. The van der Waals surface area contributed by atoms with Gasteiger partial charge in [0.25, 0.3) is 0 Å². The van der Waals surface area contributed by atoms with Crippen LogP contribution in [0.25, 0.3) is 0 Å². The molecule has 20 heavy (non-hydrogen) atoms. The molecule has 3 aliphatic rings. The number of carboxylic acid groups (broad SMARTS) is 1. The van der Waals surface area contributed by atoms with E-state index in [4.69, 9.17) is 0 Å². The molecule has 2 amide bonds. The summed E-state index contributed by atoms with van der Waals surface area (Å²) in [5.41, 5.74) is -0.498. The van der Waals surface area contributed by atoms with Crippen molar-refractivity contribution in [2.24, 2.45) is 16.7 Å². The Morgan fingerprint density at radius 2 is 2.00 bits per heavy atom. The highest BCUT2D eigenvalue weighted by atomic mass is 16.4. The first-order chi connectivity index (χ1) is 9.35. The third-order valence-electron chi connectivity index (χ3n) is 5.90. The average Bonchev–Trinajstić information content (AvgIpc) is 2.91. The highest BCUT2D eigenvalue weighted by Crippen LogP contribution is 2.49. The molecule has 5 nitrogen and oxygen atoms in total. The standard InChI is InChI=1S/C15H24N2O3/c1-14(2)7-5-11(14)16-13(20)17-8-10-4-3-6-15(10,9-17)12(18)19/h10-11H,3-9H2,1-2H3,(H,16,20)(H,18,19)/t10-,11?,15+/m0/s1. The van der Waals surface area contributed by atoms with Gasteiger partial charge < -0.3 is 15.3 Å². The molecule has 1 aliphatic heterocycles. The Morgan fingerprint density at radius 1 is 1.25 bits per heavy atom. The number of carboxylic acids is 1. The second-order valence-electron chi connectivity index (χ2n) is 7.46. The molecule has 1 saturated heterocycles. The maximum atomic E-state index is 12.4. The molecule has 3 atom stereocenters. The van der Waals surface area contributed by atoms with Crippen LogP contribution < -0.4 is 5.32 Å². The van der Waals surface area contributed by atoms with Gasteiger partial charge >= 0.3 is 12.0 Å². The van der Waals surface area contributed by atoms with E-state index < -0.39 is 11.4 Å². The van der Waals surface area contributed by atoms with E-state index in [2.05, 4.69) is 19.2 Å². The lowest BCUT2D eigenvalue weighted by Crippen LogP contribution is -2.55. The van der Waals surface area contributed by atoms with Gasteiger partial charge in [0.2, 0.25) is 0 Å². The summed E-state index contributed by atoms with van der Waals surface area (Å²) >= 11 is 0. The average molecular weight is 280 g/mol. The van der Waals surface area contributed by atoms with Crippen molar-refractivity contribution in [1.82, 2.24) is 10.2 Å². The van der Waals surface area contributed by atoms with Gasteiger partial charge in [-0.2, -0.15) is 0 Å². The van der Waals surface area contributed by atoms with E-state index >= 15 is 0 Å². The van der Waals surface area contributed by atoms with E-state index in [1.165, 1.54) is 0 Å². The fourth-order valence-corrected chi connectivity index (χ4v) is 4.17. The summed E-state index contributed by atoms with van der Waals surface area (Å²) in [6, 6.07) is 0.161. The molecule has 112 valence electrons. The largest absolute Gasteiger partial charge is 0.481 e. The lowest BCUT2D eigenvalue weighted by atomic mass is 9.67. The van der Waals surface area contributed by atoms with Gasteiger partial charge in [-0.15, -0.1) is 0 Å². The first-order valence-electron chi connectivity index (χ1n) is 7.64. The molecule has 0 spiro atoms. The predicted molar refractivity (Wildman–Crippen MR) is 74.3 cm³/mol. The Hall–Kier alpha value is -1.26. The van der Waals surface area contributed by atoms with Crippen molar-refractivity contribution < 1.29 is 14.7 Å². The second kappa shape index (κ2) is 4.37. The van der Waals surface area contributed by atoms with Crippen LogP contribution >= 0.6 is 0 Å². The van der Waals surface area contributed by atoms with Crippen molar-refractivity contribution in [2.75, 3.05) is 13.1 Å². The third kappa shape index (κ3) is 1.90. The van der Waals surface area contributed by atoms with Crippen molar-refractivity contribution in [2.45, 2.75) is 52.0 Å². The summed E-state index contributed by atoms with van der Waals surface area (Å²) in [5.74, 6) is -0.584. The van der Waals surface area contributed by atoms with E-state index in [1.807, 2.05) is 0 Å². The minimum Gasteiger partial charge on any atom is -0.481 e. The summed E-state index contributed by atoms with van der Waals surface area (Å²) in [5, 5.41) is 12.6. The second-order valence-corrected chi connectivity index (χ2v) is 7.46. The Labute approximate surface area is 119 Å². The number of nitrogens with one attached hydrogen (secondary N) is 1. The molecule has 0 aromatic heterocycles. The Morgan fingerprint density at radius 3 is 2.50 bits per heavy atom. The van der Waals surface area contributed by atoms with E-state index in [0.717, 1.165) is 25.7 Å². The predicted octanol–water partition coefficient (Wildman–Crippen LogP) is 2.07. The number of hydrogen-bond donors (Lipinski definition) is 2. The molecule has 2 saturated carbocycles. The zero-order valence-electron chi connectivity index (χ0n) is 12.3. The molecule has 0 aromatic carbocycles. The highest BCUT2D eigenvalue weighted by Gasteiger charge is 2.56. The number of urea groups is 1. The summed E-state index contributed by atoms with van der Waals surface area (Å²) in [6.45, 7) is 5.31. The zero-order chi connectivity index (χ0) is 14.5. The van der Waals surface area contributed by atoms with Crippen LogP contribution in [0.5, 0.6) is 0 Å². The topological polar surface area (TPSA) is 69.6 Å². The van der Waals surface area contributed by atoms with Crippen molar-refractivity contribution in [3.8, 4) is 0 Å². The van der Waals surface area contributed by atoms with Crippen molar-refractivity contribution >= 4 is 12.0 Å². The molecule has 0 aromatic rings. The van der Waals surface area contributed by atoms with E-state index in [1.54, 1.807) is 4.90 Å². The number of carbonyl (C=O) groups is 2. The molecule has 1 heterocycles. The maximum absolute atomic E-state index is 12.4. The van der Waals surface area contributed by atoms with Gasteiger partial charge in [0.05, 0.1) is 5.41 Å². The van der Waals surface area contributed by atoms with Crippen LogP contribution in [0.1, 0.15) is 46.0 Å². The van der Waals surface area contributed by atoms with Gasteiger partial charge in [0.15, 0.2) is 0 Å². The quantitative estimate of drug-likeness (QED) is 0.813. The van der Waals surface area contributed by atoms with Crippen LogP contribution in [0.15, 0.2) is 0 Å². The van der Waals surface area contributed by atoms with Crippen molar-refractivity contribution in [3.63, 3.8) is 0 Å². The van der Waals surface area contributed by atoms with E-state index in [9.17, 15) is 14.7 Å². The lowest BCUT2D eigenvalue weighted by Gasteiger charge is -2.45. The number of hydrogen-bond acceptors (Lipinski definition) is 2. The molecule has 3 fully saturated rings. The molecule has 0 radical (unpaired) electrons. The Bertz CT molecular complexity index is 448. The summed E-state index contributed by atoms with van der Waals surface area (Å²) in [6.07, 6.45) is 4.79. The normalized spacial score (nSPS) is 38.2. The molecule has 1 unspecified atom stereocenters. The SMILES string of the molecule is CC1(C)CCC1NC(=O)N1C[C@@H]2CCC[C@@]2(C(=O)O)C1. The van der Waals surface area contributed by atoms with Crippen molar-refractivity contribution in [3.05, 3.63) is 0 Å². The number of rotatable bonds is 2. The van der Waals surface area contributed by atoms with Crippen LogP contribution in [0.3, 0.4) is 0 Å². The van der Waals surface area contributed by atoms with Crippen LogP contribution in [0, 0.1) is 16.7 Å². The molecule has 3 rings (SSSR count). The summed E-state index contributed by atoms with van der Waals surface area (Å²) in [7, 11) is 0. The van der Waals surface area contributed by atoms with Gasteiger partial charge in [-0.25, -0.2) is 4.79 Å². The van der Waals surface area contributed by atoms with Gasteiger partial charge in [0, 0.05) is 19.1 Å². The van der Waals surface area contributed by atoms with Crippen LogP contribution in [-0.2, 0) is 4.79 Å². The molecule has 0 bridgehead atoms. The van der Waals surface area contributed by atoms with Gasteiger partial charge in [-0.3, -0.25) is 4.79 Å². The first-order valence-corrected chi connectivity index (χ1v) is 7.64. The smallest absolute Gasteiger partial charge is 0.317 e. The Balaban J connectivity index is 1.65. The molecule has 2 aliphatic carbocycles. The number of carbonyl (C=O) groups excluding carboxylic acids is 1. The molecular formula is C15H24N2O3. The van der Waals surface area contributed by atoms with Gasteiger partial charge in [-0.05, 0) is 37.0 Å². The number of fused-ring (bicyclic) bond motifs is 1. The highest BCUT2D eigenvalue weighted by molar-refractivity contribution is 5.80. The van der Waals surface area contributed by atoms with Crippen LogP contribution in [0.4, 0.5) is 4.79 Å². The third-order valence-corrected chi connectivity index (χ3v) is 5.90. The fraction of sp³-hybridized carbons (Fsp3) is 0.867. The van der Waals surface area contributed by atoms with Crippen LogP contribution in [-0.4, -0.2) is 41.1 Å². The monoisotopic (exact) mass is 280 g/mol. The minimum absolute atomic E-state index is 0.0715. The summed E-state index contributed by atoms with van der Waals surface area (Å²) in [4.78, 5) is 25.7. The van der Waals surface area contributed by atoms with Crippen molar-refractivity contribution in [1.29, 1.82) is 0 Å². The zero-order valence-corrected chi connectivity index (χ0v) is 12.3. The fourth-order valence-electron chi connectivity index (χ4n) is 4.17. The Kier molecular flexibility index (Phi) is 2.99. The van der Waals surface area contributed by atoms with Gasteiger partial charge in [-0.1, -0.05) is 20.3 Å². The number of nitrogens with zero attached hydrogens (tertiary/aromatic N) is 1.